The van der Waals surface area contributed by atoms with Crippen molar-refractivity contribution in [2.24, 2.45) is 22.7 Å². The van der Waals surface area contributed by atoms with E-state index >= 15 is 0 Å². The Morgan fingerprint density at radius 2 is 1.76 bits per heavy atom. The van der Waals surface area contributed by atoms with Crippen LogP contribution in [0.5, 0.6) is 0 Å². The SMILES string of the molecule is CC12C[C@H]3C[C@@H](C1)CC(C(=O)[N+](C)(C)CCCN1c4ccccc4Sc4ccc(Cl)cc41)(C3)C2. The fraction of sp³-hybridized carbons (Fsp3) is 0.552. The molecule has 34 heavy (non-hydrogen) atoms. The number of rotatable bonds is 5. The average molecular weight is 496 g/mol. The van der Waals surface area contributed by atoms with E-state index in [9.17, 15) is 4.79 Å². The van der Waals surface area contributed by atoms with Crippen LogP contribution in [0, 0.1) is 22.7 Å². The van der Waals surface area contributed by atoms with Gasteiger partial charge in [0.2, 0.25) is 0 Å². The molecule has 4 bridgehead atoms. The molecule has 2 unspecified atom stereocenters. The molecule has 5 heteroatoms. The summed E-state index contributed by atoms with van der Waals surface area (Å²) >= 11 is 8.21. The molecular weight excluding hydrogens is 460 g/mol. The van der Waals surface area contributed by atoms with Crippen LogP contribution in [0.4, 0.5) is 11.4 Å². The topological polar surface area (TPSA) is 20.3 Å². The van der Waals surface area contributed by atoms with E-state index in [-0.39, 0.29) is 5.41 Å². The first kappa shape index (κ1) is 22.9. The summed E-state index contributed by atoms with van der Waals surface area (Å²) in [5, 5.41) is 0.769. The van der Waals surface area contributed by atoms with E-state index in [1.165, 1.54) is 40.4 Å². The Hall–Kier alpha value is -1.49. The van der Waals surface area contributed by atoms with Crippen molar-refractivity contribution in [3.8, 4) is 0 Å². The van der Waals surface area contributed by atoms with E-state index in [1.807, 2.05) is 17.8 Å². The van der Waals surface area contributed by atoms with Gasteiger partial charge in [-0.05, 0) is 86.1 Å². The van der Waals surface area contributed by atoms with Gasteiger partial charge in [0.1, 0.15) is 0 Å². The predicted molar refractivity (Wildman–Crippen MR) is 141 cm³/mol. The van der Waals surface area contributed by atoms with Crippen molar-refractivity contribution in [3.63, 3.8) is 0 Å². The maximum Gasteiger partial charge on any atom is 0.319 e. The second kappa shape index (κ2) is 8.01. The first-order valence-electron chi connectivity index (χ1n) is 12.9. The molecule has 3 nitrogen and oxygen atoms in total. The molecule has 0 radical (unpaired) electrons. The van der Waals surface area contributed by atoms with Crippen molar-refractivity contribution in [1.29, 1.82) is 0 Å². The largest absolute Gasteiger partial charge is 0.339 e. The second-order valence-electron chi connectivity index (χ2n) is 12.5. The molecule has 4 saturated carbocycles. The minimum Gasteiger partial charge on any atom is -0.339 e. The normalized spacial score (nSPS) is 31.4. The Morgan fingerprint density at radius 1 is 1.06 bits per heavy atom. The lowest BCUT2D eigenvalue weighted by Gasteiger charge is -2.60. The molecule has 1 aliphatic heterocycles. The van der Waals surface area contributed by atoms with Gasteiger partial charge in [-0.15, -0.1) is 0 Å². The van der Waals surface area contributed by atoms with Crippen LogP contribution in [0.1, 0.15) is 51.9 Å². The third-order valence-corrected chi connectivity index (χ3v) is 10.4. The number of fused-ring (bicyclic) bond motifs is 2. The van der Waals surface area contributed by atoms with Crippen LogP contribution in [0.3, 0.4) is 0 Å². The zero-order valence-corrected chi connectivity index (χ0v) is 22.2. The molecule has 4 atom stereocenters. The second-order valence-corrected chi connectivity index (χ2v) is 14.0. The standard InChI is InChI=1S/C29H36ClN2OS/c1-28-15-20-13-21(16-28)18-29(17-20,19-28)27(33)32(2,3)12-6-11-31-23-7-4-5-8-25(23)34-26-10-9-22(30)14-24(26)31/h4-5,7-10,14,20-21H,6,11-13,15-19H2,1-3H3/q+1/t20-,21+,28?,29?. The third-order valence-electron chi connectivity index (χ3n) is 9.04. The van der Waals surface area contributed by atoms with Gasteiger partial charge < -0.3 is 4.90 Å². The lowest BCUT2D eigenvalue weighted by molar-refractivity contribution is -0.818. The van der Waals surface area contributed by atoms with Crippen molar-refractivity contribution < 1.29 is 9.28 Å². The van der Waals surface area contributed by atoms with Gasteiger partial charge in [-0.2, -0.15) is 0 Å². The van der Waals surface area contributed by atoms with Crippen molar-refractivity contribution in [2.75, 3.05) is 32.1 Å². The molecule has 2 aromatic carbocycles. The highest BCUT2D eigenvalue weighted by Gasteiger charge is 2.62. The lowest BCUT2D eigenvalue weighted by Crippen LogP contribution is -2.61. The number of nitrogens with zero attached hydrogens (tertiary/aromatic N) is 2. The van der Waals surface area contributed by atoms with E-state index in [4.69, 9.17) is 11.6 Å². The van der Waals surface area contributed by atoms with Crippen LogP contribution in [-0.2, 0) is 4.79 Å². The molecular formula is C29H36ClN2OS+. The summed E-state index contributed by atoms with van der Waals surface area (Å²) < 4.78 is 0.502. The van der Waals surface area contributed by atoms with E-state index < -0.39 is 0 Å². The Balaban J connectivity index is 1.20. The van der Waals surface area contributed by atoms with Crippen LogP contribution in [-0.4, -0.2) is 37.6 Å². The van der Waals surface area contributed by atoms with Crippen LogP contribution in [0.25, 0.3) is 0 Å². The molecule has 1 amide bonds. The molecule has 0 aromatic heterocycles. The first-order valence-corrected chi connectivity index (χ1v) is 14.1. The van der Waals surface area contributed by atoms with Gasteiger partial charge in [-0.3, -0.25) is 4.48 Å². The zero-order valence-electron chi connectivity index (χ0n) is 20.6. The molecule has 4 aliphatic carbocycles. The van der Waals surface area contributed by atoms with Gasteiger partial charge in [0.15, 0.2) is 0 Å². The van der Waals surface area contributed by atoms with Crippen molar-refractivity contribution in [3.05, 3.63) is 47.5 Å². The molecule has 2 aromatic rings. The highest BCUT2D eigenvalue weighted by atomic mass is 35.5. The van der Waals surface area contributed by atoms with Crippen LogP contribution in [0.15, 0.2) is 52.3 Å². The highest BCUT2D eigenvalue weighted by Crippen LogP contribution is 2.65. The van der Waals surface area contributed by atoms with Gasteiger partial charge in [0.25, 0.3) is 0 Å². The Kier molecular flexibility index (Phi) is 5.41. The molecule has 0 spiro atoms. The van der Waals surface area contributed by atoms with E-state index in [0.29, 0.717) is 15.8 Å². The van der Waals surface area contributed by atoms with Gasteiger partial charge in [-0.25, -0.2) is 4.79 Å². The fourth-order valence-electron chi connectivity index (χ4n) is 8.38. The van der Waals surface area contributed by atoms with E-state index in [0.717, 1.165) is 55.6 Å². The van der Waals surface area contributed by atoms with Gasteiger partial charge in [-0.1, -0.05) is 42.4 Å². The third kappa shape index (κ3) is 3.81. The number of halogens is 1. The fourth-order valence-corrected chi connectivity index (χ4v) is 9.62. The number of anilines is 2. The highest BCUT2D eigenvalue weighted by molar-refractivity contribution is 7.99. The number of carbonyl (C=O) groups is 1. The predicted octanol–water partition coefficient (Wildman–Crippen LogP) is 7.54. The van der Waals surface area contributed by atoms with Gasteiger partial charge in [0, 0.05) is 27.8 Å². The van der Waals surface area contributed by atoms with Gasteiger partial charge >= 0.3 is 5.91 Å². The first-order chi connectivity index (χ1) is 16.2. The van der Waals surface area contributed by atoms with Gasteiger partial charge in [0.05, 0.1) is 37.4 Å². The monoisotopic (exact) mass is 495 g/mol. The van der Waals surface area contributed by atoms with E-state index in [1.54, 1.807) is 0 Å². The quantitative estimate of drug-likeness (QED) is 0.399. The summed E-state index contributed by atoms with van der Waals surface area (Å²) in [6, 6.07) is 14.8. The summed E-state index contributed by atoms with van der Waals surface area (Å²) in [7, 11) is 4.32. The summed E-state index contributed by atoms with van der Waals surface area (Å²) in [5.74, 6) is 2.06. The Morgan fingerprint density at radius 3 is 2.50 bits per heavy atom. The number of amides is 1. The van der Waals surface area contributed by atoms with Crippen molar-refractivity contribution >= 4 is 40.6 Å². The number of hydrogen-bond donors (Lipinski definition) is 0. The summed E-state index contributed by atoms with van der Waals surface area (Å²) in [6.45, 7) is 4.21. The summed E-state index contributed by atoms with van der Waals surface area (Å²) in [5.41, 5.74) is 2.75. The number of hydrogen-bond acceptors (Lipinski definition) is 3. The molecule has 7 rings (SSSR count). The molecule has 0 saturated heterocycles. The summed E-state index contributed by atoms with van der Waals surface area (Å²) in [6.07, 6.45) is 8.43. The van der Waals surface area contributed by atoms with Crippen molar-refractivity contribution in [2.45, 2.75) is 61.7 Å². The number of benzene rings is 2. The van der Waals surface area contributed by atoms with Crippen LogP contribution in [0.2, 0.25) is 5.02 Å². The lowest BCUT2D eigenvalue weighted by atomic mass is 9.44. The minimum atomic E-state index is -0.0726. The zero-order chi connectivity index (χ0) is 23.7. The minimum absolute atomic E-state index is 0.0726. The smallest absolute Gasteiger partial charge is 0.319 e. The number of para-hydroxylation sites is 1. The molecule has 4 fully saturated rings. The average Bonchev–Trinajstić information content (AvgIpc) is 2.76. The number of quaternary nitrogens is 1. The molecule has 180 valence electrons. The molecule has 1 heterocycles. The molecule has 0 N–H and O–H groups in total. The number of carbonyl (C=O) groups excluding carboxylic acids is 1. The summed E-state index contributed by atoms with van der Waals surface area (Å²) in [4.78, 5) is 19.1. The van der Waals surface area contributed by atoms with Crippen LogP contribution < -0.4 is 4.90 Å². The van der Waals surface area contributed by atoms with Crippen LogP contribution >= 0.6 is 23.4 Å². The Labute approximate surface area is 213 Å². The maximum absolute atomic E-state index is 14.1. The molecule has 5 aliphatic rings. The van der Waals surface area contributed by atoms with Crippen molar-refractivity contribution in [1.82, 2.24) is 0 Å². The van der Waals surface area contributed by atoms with E-state index in [2.05, 4.69) is 62.3 Å². The Bertz CT molecular complexity index is 1130. The maximum atomic E-state index is 14.1.